The molecule has 6 heteroatoms. The molecule has 0 fully saturated rings. The first kappa shape index (κ1) is 16.8. The number of hydrogen-bond acceptors (Lipinski definition) is 4. The lowest BCUT2D eigenvalue weighted by Gasteiger charge is -2.10. The van der Waals surface area contributed by atoms with Gasteiger partial charge in [0.25, 0.3) is 0 Å². The predicted molar refractivity (Wildman–Crippen MR) is 81.3 cm³/mol. The molecule has 0 aromatic heterocycles. The Balaban J connectivity index is 2.60. The van der Waals surface area contributed by atoms with Gasteiger partial charge in [-0.15, -0.1) is 0 Å². The van der Waals surface area contributed by atoms with Gasteiger partial charge >= 0.3 is 0 Å². The Morgan fingerprint density at radius 2 is 2.00 bits per heavy atom. The van der Waals surface area contributed by atoms with Gasteiger partial charge in [0.05, 0.1) is 12.8 Å². The van der Waals surface area contributed by atoms with Gasteiger partial charge in [-0.2, -0.15) is 0 Å². The smallest absolute Gasteiger partial charge is 0.242 e. The van der Waals surface area contributed by atoms with Gasteiger partial charge in [0, 0.05) is 12.6 Å². The first-order valence-corrected chi connectivity index (χ1v) is 8.28. The molecule has 0 aliphatic heterocycles. The topological polar surface area (TPSA) is 81.4 Å². The van der Waals surface area contributed by atoms with Crippen molar-refractivity contribution in [3.05, 3.63) is 18.2 Å². The van der Waals surface area contributed by atoms with Crippen molar-refractivity contribution < 1.29 is 13.2 Å². The van der Waals surface area contributed by atoms with Crippen molar-refractivity contribution in [3.8, 4) is 5.75 Å². The quantitative estimate of drug-likeness (QED) is 0.570. The van der Waals surface area contributed by atoms with Gasteiger partial charge in [-0.25, -0.2) is 13.1 Å². The standard InChI is InChI=1S/C14H24N2O3S/c1-11(2)6-4-5-9-16-20(17,18)14-8-7-12(19-3)10-13(14)15/h7-8,10-11,16H,4-6,9,15H2,1-3H3. The highest BCUT2D eigenvalue weighted by Crippen LogP contribution is 2.23. The Morgan fingerprint density at radius 3 is 2.55 bits per heavy atom. The van der Waals surface area contributed by atoms with Crippen LogP contribution in [0.5, 0.6) is 5.75 Å². The van der Waals surface area contributed by atoms with Crippen molar-refractivity contribution in [2.45, 2.75) is 38.0 Å². The van der Waals surface area contributed by atoms with Crippen molar-refractivity contribution in [2.24, 2.45) is 5.92 Å². The summed E-state index contributed by atoms with van der Waals surface area (Å²) in [5.41, 5.74) is 5.95. The first-order valence-electron chi connectivity index (χ1n) is 6.80. The van der Waals surface area contributed by atoms with Crippen molar-refractivity contribution in [1.29, 1.82) is 0 Å². The van der Waals surface area contributed by atoms with Gasteiger partial charge in [0.2, 0.25) is 10.0 Å². The number of unbranched alkanes of at least 4 members (excludes halogenated alkanes) is 1. The molecule has 20 heavy (non-hydrogen) atoms. The zero-order chi connectivity index (χ0) is 15.2. The number of anilines is 1. The summed E-state index contributed by atoms with van der Waals surface area (Å²) in [5, 5.41) is 0. The summed E-state index contributed by atoms with van der Waals surface area (Å²) in [6.07, 6.45) is 2.94. The zero-order valence-electron chi connectivity index (χ0n) is 12.3. The lowest BCUT2D eigenvalue weighted by Crippen LogP contribution is -2.25. The van der Waals surface area contributed by atoms with Crippen LogP contribution in [0.25, 0.3) is 0 Å². The van der Waals surface area contributed by atoms with Crippen LogP contribution in [0.3, 0.4) is 0 Å². The number of hydrogen-bond donors (Lipinski definition) is 2. The number of benzene rings is 1. The number of nitrogens with two attached hydrogens (primary N) is 1. The van der Waals surface area contributed by atoms with Crippen molar-refractivity contribution in [1.82, 2.24) is 4.72 Å². The van der Waals surface area contributed by atoms with Crippen molar-refractivity contribution in [3.63, 3.8) is 0 Å². The van der Waals surface area contributed by atoms with Crippen LogP contribution >= 0.6 is 0 Å². The van der Waals surface area contributed by atoms with E-state index in [0.717, 1.165) is 19.3 Å². The first-order chi connectivity index (χ1) is 9.36. The lowest BCUT2D eigenvalue weighted by molar-refractivity contribution is 0.414. The van der Waals surface area contributed by atoms with E-state index >= 15 is 0 Å². The average Bonchev–Trinajstić information content (AvgIpc) is 2.37. The third-order valence-corrected chi connectivity index (χ3v) is 4.54. The van der Waals surface area contributed by atoms with Crippen LogP contribution < -0.4 is 15.2 Å². The molecule has 114 valence electrons. The molecule has 0 bridgehead atoms. The third kappa shape index (κ3) is 5.02. The molecular weight excluding hydrogens is 276 g/mol. The Hall–Kier alpha value is -1.27. The summed E-state index contributed by atoms with van der Waals surface area (Å²) in [6, 6.07) is 4.56. The fourth-order valence-electron chi connectivity index (χ4n) is 1.86. The van der Waals surface area contributed by atoms with E-state index in [1.54, 1.807) is 6.07 Å². The van der Waals surface area contributed by atoms with Gasteiger partial charge in [0.15, 0.2) is 0 Å². The number of ether oxygens (including phenoxy) is 1. The Bertz CT molecular complexity index is 527. The molecule has 0 heterocycles. The van der Waals surface area contributed by atoms with E-state index in [9.17, 15) is 8.42 Å². The normalized spacial score (nSPS) is 11.8. The molecule has 0 unspecified atom stereocenters. The van der Waals surface area contributed by atoms with Crippen LogP contribution in [0.1, 0.15) is 33.1 Å². The van der Waals surface area contributed by atoms with E-state index in [4.69, 9.17) is 10.5 Å². The van der Waals surface area contributed by atoms with Crippen LogP contribution in [-0.2, 0) is 10.0 Å². The van der Waals surface area contributed by atoms with Crippen molar-refractivity contribution >= 4 is 15.7 Å². The van der Waals surface area contributed by atoms with E-state index in [0.29, 0.717) is 18.2 Å². The molecule has 0 aliphatic rings. The fourth-order valence-corrected chi connectivity index (χ4v) is 3.05. The second kappa shape index (κ2) is 7.50. The second-order valence-corrected chi connectivity index (χ2v) is 6.93. The van der Waals surface area contributed by atoms with Gasteiger partial charge in [-0.3, -0.25) is 0 Å². The second-order valence-electron chi connectivity index (χ2n) is 5.19. The summed E-state index contributed by atoms with van der Waals surface area (Å²) in [7, 11) is -2.04. The molecule has 5 nitrogen and oxygen atoms in total. The Labute approximate surface area is 121 Å². The van der Waals surface area contributed by atoms with E-state index in [-0.39, 0.29) is 10.6 Å². The van der Waals surface area contributed by atoms with E-state index < -0.39 is 10.0 Å². The number of methoxy groups -OCH3 is 1. The highest BCUT2D eigenvalue weighted by atomic mass is 32.2. The minimum absolute atomic E-state index is 0.0992. The third-order valence-electron chi connectivity index (χ3n) is 3.01. The summed E-state index contributed by atoms with van der Waals surface area (Å²) in [4.78, 5) is 0.0992. The number of rotatable bonds is 8. The van der Waals surface area contributed by atoms with Gasteiger partial charge in [-0.05, 0) is 24.5 Å². The molecule has 0 spiro atoms. The van der Waals surface area contributed by atoms with Crippen LogP contribution in [0.4, 0.5) is 5.69 Å². The zero-order valence-corrected chi connectivity index (χ0v) is 13.2. The van der Waals surface area contributed by atoms with E-state index in [2.05, 4.69) is 18.6 Å². The monoisotopic (exact) mass is 300 g/mol. The minimum Gasteiger partial charge on any atom is -0.497 e. The Kier molecular flexibility index (Phi) is 6.29. The maximum absolute atomic E-state index is 12.1. The highest BCUT2D eigenvalue weighted by Gasteiger charge is 2.17. The summed E-state index contributed by atoms with van der Waals surface area (Å²) < 4.78 is 31.8. The largest absolute Gasteiger partial charge is 0.497 e. The predicted octanol–water partition coefficient (Wildman–Crippen LogP) is 2.38. The number of sulfonamides is 1. The summed E-state index contributed by atoms with van der Waals surface area (Å²) in [5.74, 6) is 1.18. The van der Waals surface area contributed by atoms with Crippen LogP contribution in [0.15, 0.2) is 23.1 Å². The summed E-state index contributed by atoms with van der Waals surface area (Å²) >= 11 is 0. The molecule has 0 aliphatic carbocycles. The van der Waals surface area contributed by atoms with Gasteiger partial charge in [0.1, 0.15) is 10.6 Å². The molecular formula is C14H24N2O3S. The number of nitrogen functional groups attached to an aromatic ring is 1. The van der Waals surface area contributed by atoms with Crippen LogP contribution in [-0.4, -0.2) is 22.1 Å². The summed E-state index contributed by atoms with van der Waals surface area (Å²) in [6.45, 7) is 4.74. The SMILES string of the molecule is COc1ccc(S(=O)(=O)NCCCCC(C)C)c(N)c1. The molecule has 1 aromatic rings. The molecule has 0 amide bonds. The lowest BCUT2D eigenvalue weighted by atomic mass is 10.1. The Morgan fingerprint density at radius 1 is 1.30 bits per heavy atom. The van der Waals surface area contributed by atoms with E-state index in [1.807, 2.05) is 0 Å². The molecule has 0 saturated heterocycles. The average molecular weight is 300 g/mol. The molecule has 3 N–H and O–H groups in total. The molecule has 0 radical (unpaired) electrons. The van der Waals surface area contributed by atoms with Gasteiger partial charge < -0.3 is 10.5 Å². The van der Waals surface area contributed by atoms with Crippen LogP contribution in [0.2, 0.25) is 0 Å². The molecule has 1 aromatic carbocycles. The molecule has 0 atom stereocenters. The van der Waals surface area contributed by atoms with Gasteiger partial charge in [-0.1, -0.05) is 26.7 Å². The highest BCUT2D eigenvalue weighted by molar-refractivity contribution is 7.89. The molecule has 0 saturated carbocycles. The van der Waals surface area contributed by atoms with Crippen molar-refractivity contribution in [2.75, 3.05) is 19.4 Å². The number of nitrogens with one attached hydrogen (secondary N) is 1. The maximum Gasteiger partial charge on any atom is 0.242 e. The maximum atomic E-state index is 12.1. The minimum atomic E-state index is -3.55. The van der Waals surface area contributed by atoms with Crippen LogP contribution in [0, 0.1) is 5.92 Å². The fraction of sp³-hybridized carbons (Fsp3) is 0.571. The molecule has 1 rings (SSSR count). The van der Waals surface area contributed by atoms with E-state index in [1.165, 1.54) is 19.2 Å².